The molecule has 0 saturated heterocycles. The van der Waals surface area contributed by atoms with E-state index in [1.165, 1.54) is 11.1 Å². The molecule has 0 bridgehead atoms. The van der Waals surface area contributed by atoms with Crippen LogP contribution in [-0.2, 0) is 13.1 Å². The van der Waals surface area contributed by atoms with Gasteiger partial charge < -0.3 is 15.2 Å². The molecule has 0 aliphatic carbocycles. The minimum Gasteiger partial charge on any atom is -0.357 e. The number of hydrogen-bond donors (Lipinski definition) is 2. The molecular formula is C15H21N5O. The second-order valence-electron chi connectivity index (χ2n) is 4.77. The molecule has 0 spiro atoms. The largest absolute Gasteiger partial charge is 0.357 e. The van der Waals surface area contributed by atoms with E-state index in [9.17, 15) is 0 Å². The summed E-state index contributed by atoms with van der Waals surface area (Å²) in [6.07, 6.45) is 0. The molecular weight excluding hydrogens is 266 g/mol. The number of aliphatic imine (C=N–C) groups is 1. The highest BCUT2D eigenvalue weighted by atomic mass is 16.5. The summed E-state index contributed by atoms with van der Waals surface area (Å²) in [4.78, 5) is 8.70. The van der Waals surface area contributed by atoms with Gasteiger partial charge in [-0.05, 0) is 26.3 Å². The Bertz CT molecular complexity index is 606. The average Bonchev–Trinajstić information content (AvgIpc) is 2.88. The molecule has 1 aromatic carbocycles. The first-order chi connectivity index (χ1) is 10.2. The summed E-state index contributed by atoms with van der Waals surface area (Å²) in [5, 5.41) is 10.1. The number of rotatable bonds is 5. The van der Waals surface area contributed by atoms with Crippen molar-refractivity contribution >= 4 is 5.96 Å². The van der Waals surface area contributed by atoms with Crippen LogP contribution < -0.4 is 10.6 Å². The quantitative estimate of drug-likeness (QED) is 0.649. The third kappa shape index (κ3) is 4.91. The standard InChI is InChI=1S/C15H21N5O/c1-4-16-15(18-10-14-19-12(3)20-21-14)17-9-13-7-5-6-11(2)8-13/h5-8H,4,9-10H2,1-3H3,(H2,16,17,18). The van der Waals surface area contributed by atoms with Crippen molar-refractivity contribution in [1.29, 1.82) is 0 Å². The van der Waals surface area contributed by atoms with Gasteiger partial charge in [0.2, 0.25) is 5.89 Å². The number of benzene rings is 1. The molecule has 21 heavy (non-hydrogen) atoms. The SMILES string of the molecule is CCNC(=NCc1cccc(C)c1)NCc1nc(C)no1. The number of nitrogens with one attached hydrogen (secondary N) is 2. The van der Waals surface area contributed by atoms with E-state index < -0.39 is 0 Å². The number of guanidine groups is 1. The number of nitrogens with zero attached hydrogens (tertiary/aromatic N) is 3. The Kier molecular flexibility index (Phi) is 5.31. The Labute approximate surface area is 124 Å². The van der Waals surface area contributed by atoms with Gasteiger partial charge in [-0.2, -0.15) is 4.98 Å². The second-order valence-corrected chi connectivity index (χ2v) is 4.77. The predicted molar refractivity (Wildman–Crippen MR) is 81.9 cm³/mol. The first-order valence-corrected chi connectivity index (χ1v) is 7.04. The average molecular weight is 287 g/mol. The molecule has 0 saturated carbocycles. The van der Waals surface area contributed by atoms with Crippen LogP contribution in [0.25, 0.3) is 0 Å². The zero-order chi connectivity index (χ0) is 15.1. The lowest BCUT2D eigenvalue weighted by atomic mass is 10.1. The van der Waals surface area contributed by atoms with Crippen LogP contribution in [0.4, 0.5) is 0 Å². The molecule has 2 rings (SSSR count). The van der Waals surface area contributed by atoms with E-state index in [0.717, 1.165) is 12.5 Å². The Hall–Kier alpha value is -2.37. The third-order valence-electron chi connectivity index (χ3n) is 2.82. The van der Waals surface area contributed by atoms with Gasteiger partial charge in [0, 0.05) is 6.54 Å². The van der Waals surface area contributed by atoms with Crippen LogP contribution in [0.15, 0.2) is 33.8 Å². The van der Waals surface area contributed by atoms with Gasteiger partial charge >= 0.3 is 0 Å². The summed E-state index contributed by atoms with van der Waals surface area (Å²) >= 11 is 0. The summed E-state index contributed by atoms with van der Waals surface area (Å²) < 4.78 is 5.06. The molecule has 112 valence electrons. The highest BCUT2D eigenvalue weighted by molar-refractivity contribution is 5.79. The third-order valence-corrected chi connectivity index (χ3v) is 2.82. The van der Waals surface area contributed by atoms with Crippen molar-refractivity contribution in [1.82, 2.24) is 20.8 Å². The maximum absolute atomic E-state index is 5.06. The summed E-state index contributed by atoms with van der Waals surface area (Å²) in [5.41, 5.74) is 2.42. The van der Waals surface area contributed by atoms with Gasteiger partial charge in [-0.3, -0.25) is 0 Å². The number of hydrogen-bond acceptors (Lipinski definition) is 4. The minimum absolute atomic E-state index is 0.459. The van der Waals surface area contributed by atoms with Gasteiger partial charge in [0.15, 0.2) is 11.8 Å². The maximum atomic E-state index is 5.06. The Morgan fingerprint density at radius 2 is 2.14 bits per heavy atom. The highest BCUT2D eigenvalue weighted by Gasteiger charge is 2.04. The molecule has 2 N–H and O–H groups in total. The molecule has 6 heteroatoms. The molecule has 0 atom stereocenters. The van der Waals surface area contributed by atoms with Gasteiger partial charge in [-0.15, -0.1) is 0 Å². The lowest BCUT2D eigenvalue weighted by molar-refractivity contribution is 0.371. The fourth-order valence-corrected chi connectivity index (χ4v) is 1.89. The number of aryl methyl sites for hydroxylation is 2. The van der Waals surface area contributed by atoms with Gasteiger partial charge in [-0.25, -0.2) is 4.99 Å². The van der Waals surface area contributed by atoms with E-state index in [1.807, 2.05) is 13.0 Å². The van der Waals surface area contributed by atoms with Crippen LogP contribution in [0.1, 0.15) is 29.8 Å². The molecule has 2 aromatic rings. The van der Waals surface area contributed by atoms with Crippen LogP contribution in [0.3, 0.4) is 0 Å². The Morgan fingerprint density at radius 1 is 1.29 bits per heavy atom. The van der Waals surface area contributed by atoms with Crippen molar-refractivity contribution < 1.29 is 4.52 Å². The lowest BCUT2D eigenvalue weighted by Gasteiger charge is -2.09. The van der Waals surface area contributed by atoms with Gasteiger partial charge in [0.05, 0.1) is 13.1 Å². The lowest BCUT2D eigenvalue weighted by Crippen LogP contribution is -2.36. The van der Waals surface area contributed by atoms with Crippen molar-refractivity contribution in [2.24, 2.45) is 4.99 Å². The monoisotopic (exact) mass is 287 g/mol. The molecule has 0 radical (unpaired) electrons. The molecule has 0 unspecified atom stereocenters. The molecule has 0 aliphatic rings. The second kappa shape index (κ2) is 7.42. The van der Waals surface area contributed by atoms with Crippen molar-refractivity contribution in [2.75, 3.05) is 6.54 Å². The van der Waals surface area contributed by atoms with Gasteiger partial charge in [-0.1, -0.05) is 35.0 Å². The summed E-state index contributed by atoms with van der Waals surface area (Å²) in [5.74, 6) is 1.91. The fourth-order valence-electron chi connectivity index (χ4n) is 1.89. The number of aromatic nitrogens is 2. The van der Waals surface area contributed by atoms with Gasteiger partial charge in [0.1, 0.15) is 0 Å². The molecule has 0 amide bonds. The maximum Gasteiger partial charge on any atom is 0.246 e. The summed E-state index contributed by atoms with van der Waals surface area (Å²) in [7, 11) is 0. The van der Waals surface area contributed by atoms with E-state index in [-0.39, 0.29) is 0 Å². The van der Waals surface area contributed by atoms with E-state index in [1.54, 1.807) is 6.92 Å². The Morgan fingerprint density at radius 3 is 2.81 bits per heavy atom. The predicted octanol–water partition coefficient (Wildman–Crippen LogP) is 1.94. The summed E-state index contributed by atoms with van der Waals surface area (Å²) in [6.45, 7) is 7.78. The first-order valence-electron chi connectivity index (χ1n) is 7.04. The van der Waals surface area contributed by atoms with E-state index >= 15 is 0 Å². The highest BCUT2D eigenvalue weighted by Crippen LogP contribution is 2.05. The first kappa shape index (κ1) is 15.0. The van der Waals surface area contributed by atoms with Crippen molar-refractivity contribution in [3.63, 3.8) is 0 Å². The van der Waals surface area contributed by atoms with Crippen LogP contribution in [-0.4, -0.2) is 22.6 Å². The molecule has 0 fully saturated rings. The molecule has 1 heterocycles. The molecule has 1 aromatic heterocycles. The van der Waals surface area contributed by atoms with Crippen molar-refractivity contribution in [2.45, 2.75) is 33.9 Å². The zero-order valence-electron chi connectivity index (χ0n) is 12.7. The molecule has 0 aliphatic heterocycles. The molecule has 6 nitrogen and oxygen atoms in total. The normalized spacial score (nSPS) is 11.5. The summed E-state index contributed by atoms with van der Waals surface area (Å²) in [6, 6.07) is 8.33. The van der Waals surface area contributed by atoms with Crippen molar-refractivity contribution in [3.05, 3.63) is 47.1 Å². The topological polar surface area (TPSA) is 75.3 Å². The van der Waals surface area contributed by atoms with E-state index in [0.29, 0.717) is 24.8 Å². The smallest absolute Gasteiger partial charge is 0.246 e. The van der Waals surface area contributed by atoms with E-state index in [2.05, 4.69) is 50.9 Å². The van der Waals surface area contributed by atoms with Crippen molar-refractivity contribution in [3.8, 4) is 0 Å². The zero-order valence-corrected chi connectivity index (χ0v) is 12.7. The van der Waals surface area contributed by atoms with Crippen LogP contribution >= 0.6 is 0 Å². The van der Waals surface area contributed by atoms with Crippen LogP contribution in [0, 0.1) is 13.8 Å². The van der Waals surface area contributed by atoms with Crippen LogP contribution in [0.2, 0.25) is 0 Å². The van der Waals surface area contributed by atoms with E-state index in [4.69, 9.17) is 4.52 Å². The minimum atomic E-state index is 0.459. The van der Waals surface area contributed by atoms with Crippen LogP contribution in [0.5, 0.6) is 0 Å². The van der Waals surface area contributed by atoms with Gasteiger partial charge in [0.25, 0.3) is 0 Å². The Balaban J connectivity index is 1.95. The fraction of sp³-hybridized carbons (Fsp3) is 0.400.